The molecule has 1 aromatic carbocycles. The molecule has 4 amide bonds. The van der Waals surface area contributed by atoms with Gasteiger partial charge in [-0.25, -0.2) is 13.9 Å². The summed E-state index contributed by atoms with van der Waals surface area (Å²) >= 11 is 3.02. The average molecular weight is 1010 g/mol. The molecule has 3 saturated heterocycles. The number of benzene rings is 1. The number of piperidine rings is 1. The molecule has 1 spiro atoms. The van der Waals surface area contributed by atoms with Crippen molar-refractivity contribution in [2.45, 2.75) is 96.1 Å². The molecule has 4 atom stereocenters. The molecule has 5 aromatic heterocycles. The largest absolute Gasteiger partial charge is 0.391 e. The summed E-state index contributed by atoms with van der Waals surface area (Å²) in [7, 11) is 1.85. The minimum atomic E-state index is -2.01. The number of amides is 4. The van der Waals surface area contributed by atoms with Gasteiger partial charge in [-0.05, 0) is 73.4 Å². The number of aromatic nitrogens is 6. The van der Waals surface area contributed by atoms with E-state index in [2.05, 4.69) is 47.2 Å². The van der Waals surface area contributed by atoms with Gasteiger partial charge >= 0.3 is 0 Å². The highest BCUT2D eigenvalue weighted by Crippen LogP contribution is 2.45. The van der Waals surface area contributed by atoms with Crippen molar-refractivity contribution in [3.8, 4) is 38.5 Å². The van der Waals surface area contributed by atoms with Crippen molar-refractivity contribution in [3.63, 3.8) is 0 Å². The number of rotatable bonds is 13. The van der Waals surface area contributed by atoms with E-state index in [1.807, 2.05) is 61.3 Å². The Morgan fingerprint density at radius 2 is 1.74 bits per heavy atom. The Labute approximate surface area is 423 Å². The van der Waals surface area contributed by atoms with Crippen LogP contribution in [-0.2, 0) is 19.2 Å². The summed E-state index contributed by atoms with van der Waals surface area (Å²) < 4.78 is 16.6. The van der Waals surface area contributed by atoms with Crippen LogP contribution in [0, 0.1) is 29.1 Å². The van der Waals surface area contributed by atoms with Gasteiger partial charge in [-0.2, -0.15) is 10.4 Å². The fourth-order valence-electron chi connectivity index (χ4n) is 10.1. The molecular weight excluding hydrogens is 958 g/mol. The van der Waals surface area contributed by atoms with Crippen LogP contribution in [0.2, 0.25) is 0 Å². The van der Waals surface area contributed by atoms with E-state index in [0.29, 0.717) is 29.9 Å². The number of nitrogens with one attached hydrogen (secondary N) is 3. The van der Waals surface area contributed by atoms with E-state index < -0.39 is 53.0 Å². The lowest BCUT2D eigenvalue weighted by molar-refractivity contribution is -0.145. The van der Waals surface area contributed by atoms with Gasteiger partial charge in [0, 0.05) is 63.5 Å². The highest BCUT2D eigenvalue weighted by molar-refractivity contribution is 7.18. The van der Waals surface area contributed by atoms with E-state index in [1.54, 1.807) is 43.1 Å². The van der Waals surface area contributed by atoms with Crippen LogP contribution in [-0.4, -0.2) is 132 Å². The number of thiazole rings is 1. The topological polar surface area (TPSA) is 227 Å². The van der Waals surface area contributed by atoms with Crippen LogP contribution in [0.5, 0.6) is 0 Å². The maximum atomic E-state index is 14.8. The molecule has 4 fully saturated rings. The van der Waals surface area contributed by atoms with Gasteiger partial charge in [0.2, 0.25) is 22.9 Å². The van der Waals surface area contributed by atoms with Crippen molar-refractivity contribution >= 4 is 62.6 Å². The fraction of sp³-hybridized carbons (Fsp3) is 0.451. The smallest absolute Gasteiger partial charge is 0.258 e. The van der Waals surface area contributed by atoms with Gasteiger partial charge in [0.25, 0.3) is 5.91 Å². The van der Waals surface area contributed by atoms with Gasteiger partial charge in [-0.1, -0.05) is 56.4 Å². The molecule has 1 saturated carbocycles. The quantitative estimate of drug-likeness (QED) is 0.105. The SMILES string of the molecule is CNc1cc(-c2ccc3cc(C#N)cnn23)ncc1-c1nnc(N2CC3(CCN(C(=O)C[C@H](NC(=O)[C@@H]4C[C@@H](O)CN4C(=O)[C@@H](NC(=O)C4(F)CC4)C(C)(C)C)c4ccc(-c5scnc5C)cc4)CC3)C2)s1. The predicted molar refractivity (Wildman–Crippen MR) is 270 cm³/mol. The number of nitrogens with zero attached hydrogens (tertiary/aromatic N) is 10. The second-order valence-corrected chi connectivity index (χ2v) is 22.5. The zero-order valence-corrected chi connectivity index (χ0v) is 42.3. The summed E-state index contributed by atoms with van der Waals surface area (Å²) in [6.45, 7) is 9.72. The van der Waals surface area contributed by atoms with E-state index in [-0.39, 0.29) is 43.6 Å². The number of pyridine rings is 1. The third-order valence-corrected chi connectivity index (χ3v) is 16.6. The minimum Gasteiger partial charge on any atom is -0.391 e. The lowest BCUT2D eigenvalue weighted by Crippen LogP contribution is -2.61. The summed E-state index contributed by atoms with van der Waals surface area (Å²) in [4.78, 5) is 71.3. The fourth-order valence-corrected chi connectivity index (χ4v) is 11.8. The van der Waals surface area contributed by atoms with Crippen molar-refractivity contribution < 1.29 is 28.7 Å². The third-order valence-electron chi connectivity index (χ3n) is 14.6. The molecule has 72 heavy (non-hydrogen) atoms. The molecule has 4 aliphatic rings. The van der Waals surface area contributed by atoms with Crippen molar-refractivity contribution in [2.75, 3.05) is 50.0 Å². The second-order valence-electron chi connectivity index (χ2n) is 20.7. The molecule has 4 N–H and O–H groups in total. The number of carbonyl (C=O) groups is 4. The summed E-state index contributed by atoms with van der Waals surface area (Å²) in [5, 5.41) is 44.2. The van der Waals surface area contributed by atoms with Gasteiger partial charge in [0.05, 0.1) is 68.9 Å². The monoisotopic (exact) mass is 1010 g/mol. The Balaban J connectivity index is 0.796. The molecule has 18 nitrogen and oxygen atoms in total. The Hall–Kier alpha value is -6.89. The Morgan fingerprint density at radius 1 is 0.986 bits per heavy atom. The first-order chi connectivity index (χ1) is 34.4. The highest BCUT2D eigenvalue weighted by Gasteiger charge is 2.54. The number of carbonyl (C=O) groups excluding carboxylic acids is 4. The molecule has 0 bridgehead atoms. The van der Waals surface area contributed by atoms with Crippen LogP contribution in [0.25, 0.3) is 37.9 Å². The molecule has 3 aliphatic heterocycles. The molecule has 8 heterocycles. The summed E-state index contributed by atoms with van der Waals surface area (Å²) in [6, 6.07) is 14.4. The number of anilines is 2. The number of likely N-dealkylation sites (tertiary alicyclic amines) is 2. The summed E-state index contributed by atoms with van der Waals surface area (Å²) in [5.74, 6) is -2.09. The maximum absolute atomic E-state index is 14.8. The number of hydrogen-bond acceptors (Lipinski definition) is 15. The molecule has 374 valence electrons. The zero-order valence-electron chi connectivity index (χ0n) is 40.7. The average Bonchev–Trinajstić information content (AvgIpc) is 3.84. The molecule has 0 unspecified atom stereocenters. The van der Waals surface area contributed by atoms with Crippen molar-refractivity contribution in [1.29, 1.82) is 5.26 Å². The maximum Gasteiger partial charge on any atom is 0.258 e. The van der Waals surface area contributed by atoms with Crippen molar-refractivity contribution in [1.82, 2.24) is 50.2 Å². The first kappa shape index (κ1) is 48.7. The van der Waals surface area contributed by atoms with E-state index in [4.69, 9.17) is 4.98 Å². The number of aryl methyl sites for hydroxylation is 1. The van der Waals surface area contributed by atoms with Crippen LogP contribution in [0.1, 0.15) is 82.2 Å². The second kappa shape index (κ2) is 18.9. The number of halogens is 1. The molecule has 1 aliphatic carbocycles. The van der Waals surface area contributed by atoms with Crippen molar-refractivity contribution in [3.05, 3.63) is 83.3 Å². The van der Waals surface area contributed by atoms with Gasteiger partial charge in [-0.15, -0.1) is 21.5 Å². The lowest BCUT2D eigenvalue weighted by Gasteiger charge is -2.53. The Bertz CT molecular complexity index is 3100. The van der Waals surface area contributed by atoms with Crippen LogP contribution < -0.4 is 20.9 Å². The Morgan fingerprint density at radius 3 is 2.40 bits per heavy atom. The van der Waals surface area contributed by atoms with Crippen LogP contribution in [0.4, 0.5) is 15.2 Å². The number of aliphatic hydroxyl groups is 1. The summed E-state index contributed by atoms with van der Waals surface area (Å²) in [5.41, 5.74) is 5.94. The number of fused-ring (bicyclic) bond motifs is 1. The molecule has 6 aromatic rings. The molecule has 10 rings (SSSR count). The number of aliphatic hydroxyl groups excluding tert-OH is 1. The first-order valence-corrected chi connectivity index (χ1v) is 25.9. The van der Waals surface area contributed by atoms with E-state index in [1.165, 1.54) is 33.8 Å². The predicted octanol–water partition coefficient (Wildman–Crippen LogP) is 5.93. The highest BCUT2D eigenvalue weighted by atomic mass is 32.1. The van der Waals surface area contributed by atoms with E-state index in [0.717, 1.165) is 74.7 Å². The molecular formula is C51H56FN13O5S2. The number of hydrogen-bond donors (Lipinski definition) is 4. The lowest BCUT2D eigenvalue weighted by atomic mass is 9.72. The van der Waals surface area contributed by atoms with Crippen molar-refractivity contribution in [2.24, 2.45) is 10.8 Å². The van der Waals surface area contributed by atoms with Gasteiger partial charge in [-0.3, -0.25) is 24.2 Å². The van der Waals surface area contributed by atoms with Crippen LogP contribution in [0.3, 0.4) is 0 Å². The van der Waals surface area contributed by atoms with Gasteiger partial charge < -0.3 is 35.8 Å². The van der Waals surface area contributed by atoms with Crippen LogP contribution in [0.15, 0.2) is 66.4 Å². The van der Waals surface area contributed by atoms with Crippen LogP contribution >= 0.6 is 22.7 Å². The number of nitriles is 1. The van der Waals surface area contributed by atoms with E-state index >= 15 is 0 Å². The van der Waals surface area contributed by atoms with E-state index in [9.17, 15) is 33.9 Å². The summed E-state index contributed by atoms with van der Waals surface area (Å²) in [6.07, 6.45) is 4.00. The molecule has 21 heteroatoms. The third kappa shape index (κ3) is 9.50. The first-order valence-electron chi connectivity index (χ1n) is 24.2. The molecule has 0 radical (unpaired) electrons. The zero-order chi connectivity index (χ0) is 50.7. The normalized spacial score (nSPS) is 19.9. The number of alkyl halides is 1. The Kier molecular flexibility index (Phi) is 12.8. The van der Waals surface area contributed by atoms with Gasteiger partial charge in [0.15, 0.2) is 10.7 Å². The number of β-amino-alcohol motifs (C(OH)–C–C–N with tert-alkyl or cyclic N) is 1. The minimum absolute atomic E-state index is 0.00926. The van der Waals surface area contributed by atoms with Gasteiger partial charge in [0.1, 0.15) is 18.2 Å². The standard InChI is InChI=1S/C51H56FN13O5S2/c1-29-42(71-28-56-29)32-8-6-31(7-9-32)36(58-44(68)40-19-34(66)25-64(40)46(69)43(49(2,3)4)59-47(70)51(52)12-13-51)21-41(67)62-16-14-50(15-17-62)26-63(27-50)48-61-60-45(72-48)35-24-55-38(20-37(35)54-5)39-11-10-33-18-30(22-53)23-57-65(33)39/h6-11,18,20,23-24,28,34,36,40,43,66H,12-17,19,21,25-27H2,1-5H3,(H,54,55)(H,58,68)(H,59,70)/t34-,36+,40+,43-/m1/s1.